The molecule has 1 aromatic carbocycles. The first-order valence-corrected chi connectivity index (χ1v) is 7.29. The number of hydrogen-bond donors (Lipinski definition) is 1. The molecule has 4 heteroatoms. The zero-order chi connectivity index (χ0) is 14.5. The number of nitrogens with one attached hydrogen (secondary N) is 1. The maximum atomic E-state index is 5.46. The van der Waals surface area contributed by atoms with Crippen LogP contribution in [0.1, 0.15) is 18.1 Å². The van der Waals surface area contributed by atoms with E-state index in [-0.39, 0.29) is 0 Å². The summed E-state index contributed by atoms with van der Waals surface area (Å²) in [4.78, 5) is 0. The van der Waals surface area contributed by atoms with Gasteiger partial charge in [0, 0.05) is 20.2 Å². The van der Waals surface area contributed by atoms with Crippen LogP contribution in [0.3, 0.4) is 0 Å². The lowest BCUT2D eigenvalue weighted by atomic mass is 10.1. The van der Waals surface area contributed by atoms with Gasteiger partial charge in [0.05, 0.1) is 33.0 Å². The SMILES string of the molecule is CCc1ccc(CNCCOCCOCCOC)cc1. The zero-order valence-electron chi connectivity index (χ0n) is 12.7. The molecule has 0 aliphatic rings. The van der Waals surface area contributed by atoms with Crippen LogP contribution in [0.5, 0.6) is 0 Å². The predicted molar refractivity (Wildman–Crippen MR) is 81.0 cm³/mol. The summed E-state index contributed by atoms with van der Waals surface area (Å²) in [6.07, 6.45) is 1.09. The summed E-state index contributed by atoms with van der Waals surface area (Å²) in [5.41, 5.74) is 2.69. The van der Waals surface area contributed by atoms with Crippen LogP contribution in [-0.4, -0.2) is 46.7 Å². The molecular formula is C16H27NO3. The van der Waals surface area contributed by atoms with E-state index >= 15 is 0 Å². The number of methoxy groups -OCH3 is 1. The van der Waals surface area contributed by atoms with E-state index < -0.39 is 0 Å². The Morgan fingerprint density at radius 3 is 2.10 bits per heavy atom. The second kappa shape index (κ2) is 11.9. The first kappa shape index (κ1) is 17.1. The fourth-order valence-electron chi connectivity index (χ4n) is 1.73. The van der Waals surface area contributed by atoms with Gasteiger partial charge in [-0.1, -0.05) is 31.2 Å². The van der Waals surface area contributed by atoms with Crippen LogP contribution in [0.25, 0.3) is 0 Å². The van der Waals surface area contributed by atoms with Gasteiger partial charge in [-0.05, 0) is 17.5 Å². The van der Waals surface area contributed by atoms with Crippen molar-refractivity contribution < 1.29 is 14.2 Å². The van der Waals surface area contributed by atoms with Crippen molar-refractivity contribution in [2.45, 2.75) is 19.9 Å². The van der Waals surface area contributed by atoms with Crippen molar-refractivity contribution in [2.75, 3.05) is 46.7 Å². The lowest BCUT2D eigenvalue weighted by molar-refractivity contribution is 0.0255. The minimum atomic E-state index is 0.627. The summed E-state index contributed by atoms with van der Waals surface area (Å²) in [5.74, 6) is 0. The van der Waals surface area contributed by atoms with Crippen LogP contribution < -0.4 is 5.32 Å². The molecule has 0 amide bonds. The van der Waals surface area contributed by atoms with E-state index in [0.29, 0.717) is 33.0 Å². The third kappa shape index (κ3) is 8.27. The maximum Gasteiger partial charge on any atom is 0.0701 e. The maximum absolute atomic E-state index is 5.46. The van der Waals surface area contributed by atoms with Crippen molar-refractivity contribution in [3.8, 4) is 0 Å². The van der Waals surface area contributed by atoms with Crippen LogP contribution in [-0.2, 0) is 27.2 Å². The fourth-order valence-corrected chi connectivity index (χ4v) is 1.73. The highest BCUT2D eigenvalue weighted by molar-refractivity contribution is 5.22. The van der Waals surface area contributed by atoms with Crippen LogP contribution in [0.15, 0.2) is 24.3 Å². The molecule has 1 aromatic rings. The van der Waals surface area contributed by atoms with Gasteiger partial charge in [-0.25, -0.2) is 0 Å². The van der Waals surface area contributed by atoms with Crippen LogP contribution >= 0.6 is 0 Å². The topological polar surface area (TPSA) is 39.7 Å². The Bertz CT molecular complexity index is 327. The summed E-state index contributed by atoms with van der Waals surface area (Å²) in [5, 5.41) is 3.36. The molecule has 0 saturated carbocycles. The van der Waals surface area contributed by atoms with Gasteiger partial charge >= 0.3 is 0 Å². The van der Waals surface area contributed by atoms with Crippen LogP contribution in [0.4, 0.5) is 0 Å². The van der Waals surface area contributed by atoms with E-state index in [4.69, 9.17) is 14.2 Å². The van der Waals surface area contributed by atoms with Gasteiger partial charge in [0.25, 0.3) is 0 Å². The molecule has 0 aromatic heterocycles. The third-order valence-electron chi connectivity index (χ3n) is 2.99. The minimum absolute atomic E-state index is 0.627. The molecule has 20 heavy (non-hydrogen) atoms. The second-order valence-corrected chi connectivity index (χ2v) is 4.56. The molecule has 1 rings (SSSR count). The summed E-state index contributed by atoms with van der Waals surface area (Å²) < 4.78 is 15.6. The van der Waals surface area contributed by atoms with E-state index in [0.717, 1.165) is 19.5 Å². The standard InChI is InChI=1S/C16H27NO3/c1-3-15-4-6-16(7-5-15)14-17-8-9-19-12-13-20-11-10-18-2/h4-7,17H,3,8-14H2,1-2H3. The van der Waals surface area contributed by atoms with Crippen LogP contribution in [0.2, 0.25) is 0 Å². The molecule has 0 fully saturated rings. The molecule has 4 nitrogen and oxygen atoms in total. The lowest BCUT2D eigenvalue weighted by Crippen LogP contribution is -2.20. The number of ether oxygens (including phenoxy) is 3. The molecule has 0 atom stereocenters. The van der Waals surface area contributed by atoms with Crippen molar-refractivity contribution >= 4 is 0 Å². The highest BCUT2D eigenvalue weighted by Crippen LogP contribution is 2.04. The van der Waals surface area contributed by atoms with Crippen molar-refractivity contribution in [3.05, 3.63) is 35.4 Å². The first-order chi connectivity index (χ1) is 9.86. The van der Waals surface area contributed by atoms with Crippen molar-refractivity contribution in [1.82, 2.24) is 5.32 Å². The highest BCUT2D eigenvalue weighted by Gasteiger charge is 1.94. The summed E-state index contributed by atoms with van der Waals surface area (Å²) in [7, 11) is 1.67. The van der Waals surface area contributed by atoms with Gasteiger partial charge < -0.3 is 19.5 Å². The van der Waals surface area contributed by atoms with Gasteiger partial charge in [-0.15, -0.1) is 0 Å². The van der Waals surface area contributed by atoms with Gasteiger partial charge in [0.1, 0.15) is 0 Å². The quantitative estimate of drug-likeness (QED) is 0.595. The largest absolute Gasteiger partial charge is 0.382 e. The Balaban J connectivity index is 1.91. The first-order valence-electron chi connectivity index (χ1n) is 7.29. The Hall–Kier alpha value is -0.940. The molecule has 114 valence electrons. The molecule has 0 saturated heterocycles. The summed E-state index contributed by atoms with van der Waals surface area (Å²) in [6, 6.07) is 8.72. The molecule has 0 spiro atoms. The molecular weight excluding hydrogens is 254 g/mol. The highest BCUT2D eigenvalue weighted by atomic mass is 16.5. The Labute approximate surface area is 122 Å². The summed E-state index contributed by atoms with van der Waals surface area (Å²) >= 11 is 0. The number of aryl methyl sites for hydroxylation is 1. The van der Waals surface area contributed by atoms with E-state index in [9.17, 15) is 0 Å². The van der Waals surface area contributed by atoms with E-state index in [1.807, 2.05) is 0 Å². The molecule has 1 N–H and O–H groups in total. The number of hydrogen-bond acceptors (Lipinski definition) is 4. The Morgan fingerprint density at radius 2 is 1.45 bits per heavy atom. The summed E-state index contributed by atoms with van der Waals surface area (Å²) in [6.45, 7) is 7.15. The van der Waals surface area contributed by atoms with Gasteiger partial charge in [-0.3, -0.25) is 0 Å². The number of rotatable bonds is 12. The van der Waals surface area contributed by atoms with E-state index in [1.165, 1.54) is 11.1 Å². The molecule has 0 aliphatic heterocycles. The monoisotopic (exact) mass is 281 g/mol. The lowest BCUT2D eigenvalue weighted by Gasteiger charge is -2.07. The van der Waals surface area contributed by atoms with Crippen molar-refractivity contribution in [1.29, 1.82) is 0 Å². The third-order valence-corrected chi connectivity index (χ3v) is 2.99. The van der Waals surface area contributed by atoms with Crippen LogP contribution in [0, 0.1) is 0 Å². The Kier molecular flexibility index (Phi) is 10.1. The fraction of sp³-hybridized carbons (Fsp3) is 0.625. The number of benzene rings is 1. The minimum Gasteiger partial charge on any atom is -0.382 e. The van der Waals surface area contributed by atoms with Crippen molar-refractivity contribution in [2.24, 2.45) is 0 Å². The van der Waals surface area contributed by atoms with E-state index in [1.54, 1.807) is 7.11 Å². The molecule has 0 bridgehead atoms. The van der Waals surface area contributed by atoms with Gasteiger partial charge in [0.15, 0.2) is 0 Å². The van der Waals surface area contributed by atoms with Crippen molar-refractivity contribution in [3.63, 3.8) is 0 Å². The average Bonchev–Trinajstić information content (AvgIpc) is 2.50. The molecule has 0 unspecified atom stereocenters. The predicted octanol–water partition coefficient (Wildman–Crippen LogP) is 2.02. The van der Waals surface area contributed by atoms with E-state index in [2.05, 4.69) is 36.5 Å². The second-order valence-electron chi connectivity index (χ2n) is 4.56. The van der Waals surface area contributed by atoms with Gasteiger partial charge in [0.2, 0.25) is 0 Å². The molecule has 0 heterocycles. The average molecular weight is 281 g/mol. The normalized spacial score (nSPS) is 10.9. The van der Waals surface area contributed by atoms with Gasteiger partial charge in [-0.2, -0.15) is 0 Å². The zero-order valence-corrected chi connectivity index (χ0v) is 12.7. The Morgan fingerprint density at radius 1 is 0.850 bits per heavy atom. The molecule has 0 radical (unpaired) electrons. The molecule has 0 aliphatic carbocycles. The smallest absolute Gasteiger partial charge is 0.0701 e.